The Labute approximate surface area is 177 Å². The molecule has 1 aliphatic carbocycles. The highest BCUT2D eigenvalue weighted by Gasteiger charge is 2.44. The Balaban J connectivity index is 0.00000205. The minimum Gasteiger partial charge on any atom is -0.487 e. The number of ether oxygens (including phenoxy) is 1. The molecule has 156 valence electrons. The second-order valence-corrected chi connectivity index (χ2v) is 8.61. The average Bonchev–Trinajstić information content (AvgIpc) is 3.42. The van der Waals surface area contributed by atoms with Gasteiger partial charge in [-0.05, 0) is 37.3 Å². The first-order valence-electron chi connectivity index (χ1n) is 10.4. The summed E-state index contributed by atoms with van der Waals surface area (Å²) in [6.45, 7) is 1.53. The molecule has 2 fully saturated rings. The summed E-state index contributed by atoms with van der Waals surface area (Å²) in [5.41, 5.74) is 2.13. The lowest BCUT2D eigenvalue weighted by Gasteiger charge is -2.40. The van der Waals surface area contributed by atoms with Crippen LogP contribution in [0.3, 0.4) is 0 Å². The number of hydrogen-bond donors (Lipinski definition) is 2. The molecule has 3 aliphatic rings. The molecule has 1 aromatic heterocycles. The molecule has 1 spiro atoms. The molecule has 0 bridgehead atoms. The molecule has 1 amide bonds. The van der Waals surface area contributed by atoms with Gasteiger partial charge in [0, 0.05) is 44.2 Å². The van der Waals surface area contributed by atoms with E-state index in [0.29, 0.717) is 6.54 Å². The summed E-state index contributed by atoms with van der Waals surface area (Å²) < 4.78 is 8.24. The van der Waals surface area contributed by atoms with E-state index in [4.69, 9.17) is 4.74 Å². The molecule has 1 aromatic carbocycles. The maximum Gasteiger partial charge on any atom is 0.225 e. The van der Waals surface area contributed by atoms with Crippen molar-refractivity contribution in [1.29, 1.82) is 0 Å². The molecular weight excluding hydrogens is 388 g/mol. The van der Waals surface area contributed by atoms with Gasteiger partial charge >= 0.3 is 0 Å². The summed E-state index contributed by atoms with van der Waals surface area (Å²) in [5, 5.41) is 11.1. The lowest BCUT2D eigenvalue weighted by Crippen LogP contribution is -2.45. The Morgan fingerprint density at radius 2 is 2.07 bits per heavy atom. The van der Waals surface area contributed by atoms with Crippen LogP contribution >= 0.6 is 12.4 Å². The van der Waals surface area contributed by atoms with Gasteiger partial charge in [0.25, 0.3) is 0 Å². The third-order valence-corrected chi connectivity index (χ3v) is 6.73. The van der Waals surface area contributed by atoms with Crippen molar-refractivity contribution >= 4 is 18.3 Å². The van der Waals surface area contributed by atoms with Crippen LogP contribution in [0.15, 0.2) is 36.7 Å². The summed E-state index contributed by atoms with van der Waals surface area (Å²) in [6.07, 6.45) is 9.35. The summed E-state index contributed by atoms with van der Waals surface area (Å²) in [6, 6.07) is 8.21. The summed E-state index contributed by atoms with van der Waals surface area (Å²) in [7, 11) is 1.92. The van der Waals surface area contributed by atoms with E-state index < -0.39 is 0 Å². The summed E-state index contributed by atoms with van der Waals surface area (Å²) in [4.78, 5) is 13.3. The molecule has 6 nitrogen and oxygen atoms in total. The van der Waals surface area contributed by atoms with Gasteiger partial charge in [-0.2, -0.15) is 5.10 Å². The summed E-state index contributed by atoms with van der Waals surface area (Å²) in [5.74, 6) is 1.17. The maximum atomic E-state index is 13.3. The van der Waals surface area contributed by atoms with Gasteiger partial charge in [-0.1, -0.05) is 18.2 Å². The Bertz CT molecular complexity index is 877. The first-order valence-corrected chi connectivity index (χ1v) is 10.4. The van der Waals surface area contributed by atoms with Crippen LogP contribution in [0.1, 0.15) is 55.2 Å². The molecule has 2 aliphatic heterocycles. The molecule has 2 aromatic rings. The van der Waals surface area contributed by atoms with Gasteiger partial charge in [0.15, 0.2) is 0 Å². The normalized spacial score (nSPS) is 27.1. The molecule has 1 saturated heterocycles. The molecule has 5 rings (SSSR count). The Hall–Kier alpha value is -2.05. The van der Waals surface area contributed by atoms with Crippen molar-refractivity contribution in [3.8, 4) is 5.75 Å². The Morgan fingerprint density at radius 3 is 2.83 bits per heavy atom. The van der Waals surface area contributed by atoms with E-state index in [0.717, 1.165) is 42.7 Å². The first kappa shape index (κ1) is 20.2. The molecule has 2 N–H and O–H groups in total. The first-order chi connectivity index (χ1) is 13.6. The largest absolute Gasteiger partial charge is 0.487 e. The number of nitrogens with zero attached hydrogens (tertiary/aromatic N) is 2. The molecular formula is C22H29ClN4O2. The van der Waals surface area contributed by atoms with Crippen molar-refractivity contribution in [2.75, 3.05) is 13.1 Å². The Morgan fingerprint density at radius 1 is 1.28 bits per heavy atom. The third-order valence-electron chi connectivity index (χ3n) is 6.73. The van der Waals surface area contributed by atoms with Crippen LogP contribution in [0.4, 0.5) is 0 Å². The fourth-order valence-electron chi connectivity index (χ4n) is 5.29. The highest BCUT2D eigenvalue weighted by Crippen LogP contribution is 2.47. The number of carbonyl (C=O) groups is 1. The van der Waals surface area contributed by atoms with E-state index in [1.165, 1.54) is 12.8 Å². The van der Waals surface area contributed by atoms with Crippen LogP contribution in [0.2, 0.25) is 0 Å². The zero-order chi connectivity index (χ0) is 19.1. The van der Waals surface area contributed by atoms with Crippen molar-refractivity contribution in [2.24, 2.45) is 13.0 Å². The van der Waals surface area contributed by atoms with Crippen LogP contribution in [-0.4, -0.2) is 34.4 Å². The van der Waals surface area contributed by atoms with Crippen LogP contribution < -0.4 is 15.4 Å². The molecule has 1 unspecified atom stereocenters. The average molecular weight is 417 g/mol. The number of rotatable bonds is 3. The molecule has 3 heterocycles. The zero-order valence-electron chi connectivity index (χ0n) is 16.8. The van der Waals surface area contributed by atoms with Gasteiger partial charge < -0.3 is 15.4 Å². The SMILES string of the molecule is Cl.Cn1cc([C@H]2CNC[C@@H]2C(=O)NC2CC3(CCCC3)Oc3ccccc32)cn1. The van der Waals surface area contributed by atoms with Gasteiger partial charge in [-0.25, -0.2) is 0 Å². The van der Waals surface area contributed by atoms with Crippen molar-refractivity contribution < 1.29 is 9.53 Å². The van der Waals surface area contributed by atoms with Crippen molar-refractivity contribution in [3.63, 3.8) is 0 Å². The lowest BCUT2D eigenvalue weighted by atomic mass is 9.84. The van der Waals surface area contributed by atoms with E-state index in [1.54, 1.807) is 4.68 Å². The number of nitrogens with one attached hydrogen (secondary N) is 2. The molecule has 0 radical (unpaired) electrons. The highest BCUT2D eigenvalue weighted by atomic mass is 35.5. The van der Waals surface area contributed by atoms with Crippen LogP contribution in [0.5, 0.6) is 5.75 Å². The fraction of sp³-hybridized carbons (Fsp3) is 0.545. The number of amides is 1. The zero-order valence-corrected chi connectivity index (χ0v) is 17.6. The van der Waals surface area contributed by atoms with Crippen LogP contribution in [0.25, 0.3) is 0 Å². The highest BCUT2D eigenvalue weighted by molar-refractivity contribution is 5.85. The number of aryl methyl sites for hydroxylation is 1. The fourth-order valence-corrected chi connectivity index (χ4v) is 5.29. The lowest BCUT2D eigenvalue weighted by molar-refractivity contribution is -0.126. The summed E-state index contributed by atoms with van der Waals surface area (Å²) >= 11 is 0. The molecule has 1 saturated carbocycles. The predicted octanol–water partition coefficient (Wildman–Crippen LogP) is 3.10. The van der Waals surface area contributed by atoms with Crippen molar-refractivity contribution in [3.05, 3.63) is 47.8 Å². The number of benzene rings is 1. The minimum absolute atomic E-state index is 0. The van der Waals surface area contributed by atoms with E-state index in [2.05, 4.69) is 21.8 Å². The Kier molecular flexibility index (Phi) is 5.58. The van der Waals surface area contributed by atoms with E-state index in [-0.39, 0.29) is 41.8 Å². The maximum absolute atomic E-state index is 13.3. The van der Waals surface area contributed by atoms with Gasteiger partial charge in [-0.15, -0.1) is 12.4 Å². The number of aromatic nitrogens is 2. The second-order valence-electron chi connectivity index (χ2n) is 8.61. The molecule has 7 heteroatoms. The van der Waals surface area contributed by atoms with Gasteiger partial charge in [-0.3, -0.25) is 9.48 Å². The van der Waals surface area contributed by atoms with E-state index in [9.17, 15) is 4.79 Å². The number of fused-ring (bicyclic) bond motifs is 1. The molecule has 3 atom stereocenters. The smallest absolute Gasteiger partial charge is 0.225 e. The van der Waals surface area contributed by atoms with Crippen molar-refractivity contribution in [2.45, 2.75) is 49.7 Å². The number of carbonyl (C=O) groups excluding carboxylic acids is 1. The number of halogens is 1. The predicted molar refractivity (Wildman–Crippen MR) is 113 cm³/mol. The van der Waals surface area contributed by atoms with Crippen LogP contribution in [-0.2, 0) is 11.8 Å². The topological polar surface area (TPSA) is 68.2 Å². The monoisotopic (exact) mass is 416 g/mol. The van der Waals surface area contributed by atoms with Gasteiger partial charge in [0.2, 0.25) is 5.91 Å². The van der Waals surface area contributed by atoms with Gasteiger partial charge in [0.1, 0.15) is 11.4 Å². The van der Waals surface area contributed by atoms with Gasteiger partial charge in [0.05, 0.1) is 18.2 Å². The van der Waals surface area contributed by atoms with E-state index >= 15 is 0 Å². The van der Waals surface area contributed by atoms with Crippen LogP contribution in [0, 0.1) is 5.92 Å². The van der Waals surface area contributed by atoms with E-state index in [1.807, 2.05) is 37.6 Å². The van der Waals surface area contributed by atoms with Crippen molar-refractivity contribution in [1.82, 2.24) is 20.4 Å². The second kappa shape index (κ2) is 8.00. The standard InChI is InChI=1S/C22H28N4O2.ClH/c1-26-14-15(11-24-26)17-12-23-13-18(17)21(27)25-19-10-22(8-4-5-9-22)28-20-7-3-2-6-16(19)20;/h2-3,6-7,11,14,17-19,23H,4-5,8-10,12-13H2,1H3,(H,25,27);1H/t17-,18+,19?;/m1./s1. The number of para-hydroxylation sites is 1. The quantitative estimate of drug-likeness (QED) is 0.806. The molecule has 29 heavy (non-hydrogen) atoms. The third kappa shape index (κ3) is 3.76. The number of hydrogen-bond acceptors (Lipinski definition) is 4. The minimum atomic E-state index is -0.108.